The molecule has 0 radical (unpaired) electrons. The Morgan fingerprint density at radius 1 is 1.25 bits per heavy atom. The van der Waals surface area contributed by atoms with Crippen molar-refractivity contribution in [2.45, 2.75) is 44.2 Å². The molecule has 2 N–H and O–H groups in total. The van der Waals surface area contributed by atoms with Crippen molar-refractivity contribution in [1.82, 2.24) is 5.32 Å². The van der Waals surface area contributed by atoms with Crippen molar-refractivity contribution in [3.63, 3.8) is 0 Å². The van der Waals surface area contributed by atoms with Crippen LogP contribution in [0.3, 0.4) is 0 Å². The molecule has 2 aliphatic rings. The van der Waals surface area contributed by atoms with Crippen LogP contribution < -0.4 is 5.32 Å². The van der Waals surface area contributed by atoms with Gasteiger partial charge in [-0.25, -0.2) is 0 Å². The topological polar surface area (TPSA) is 58.6 Å². The summed E-state index contributed by atoms with van der Waals surface area (Å²) < 4.78 is 5.34. The zero-order chi connectivity index (χ0) is 11.5. The van der Waals surface area contributed by atoms with Gasteiger partial charge in [-0.3, -0.25) is 4.79 Å². The molecule has 4 nitrogen and oxygen atoms in total. The summed E-state index contributed by atoms with van der Waals surface area (Å²) in [4.78, 5) is 11.1. The molecule has 1 aliphatic heterocycles. The van der Waals surface area contributed by atoms with E-state index in [1.54, 1.807) is 7.11 Å². The van der Waals surface area contributed by atoms with E-state index in [0.29, 0.717) is 17.9 Å². The van der Waals surface area contributed by atoms with Crippen molar-refractivity contribution in [2.75, 3.05) is 13.7 Å². The van der Waals surface area contributed by atoms with Gasteiger partial charge in [-0.05, 0) is 50.5 Å². The summed E-state index contributed by atoms with van der Waals surface area (Å²) in [5.41, 5.74) is 0. The molecule has 4 heteroatoms. The minimum atomic E-state index is -0.684. The number of carbonyl (C=O) groups is 1. The Morgan fingerprint density at radius 3 is 2.50 bits per heavy atom. The summed E-state index contributed by atoms with van der Waals surface area (Å²) in [7, 11) is 1.77. The summed E-state index contributed by atoms with van der Waals surface area (Å²) in [6.07, 6.45) is 5.82. The van der Waals surface area contributed by atoms with Crippen LogP contribution in [-0.4, -0.2) is 36.9 Å². The smallest absolute Gasteiger partial charge is 0.320 e. The number of hydrogen-bond donors (Lipinski definition) is 2. The first kappa shape index (κ1) is 11.9. The van der Waals surface area contributed by atoms with Gasteiger partial charge < -0.3 is 15.2 Å². The summed E-state index contributed by atoms with van der Waals surface area (Å²) in [5.74, 6) is 0.217. The highest BCUT2D eigenvalue weighted by Crippen LogP contribution is 2.36. The van der Waals surface area contributed by atoms with E-state index in [1.807, 2.05) is 0 Å². The number of carboxylic acid groups (broad SMARTS) is 1. The molecule has 16 heavy (non-hydrogen) atoms. The highest BCUT2D eigenvalue weighted by molar-refractivity contribution is 5.74. The van der Waals surface area contributed by atoms with Crippen molar-refractivity contribution in [2.24, 2.45) is 11.8 Å². The molecule has 0 aromatic heterocycles. The summed E-state index contributed by atoms with van der Waals surface area (Å²) in [5, 5.41) is 12.2. The molecule has 2 atom stereocenters. The highest BCUT2D eigenvalue weighted by atomic mass is 16.5. The minimum Gasteiger partial charge on any atom is -0.480 e. The fraction of sp³-hybridized carbons (Fsp3) is 0.917. The molecule has 0 unspecified atom stereocenters. The third-order valence-electron chi connectivity index (χ3n) is 4.19. The van der Waals surface area contributed by atoms with Gasteiger partial charge in [-0.1, -0.05) is 0 Å². The lowest BCUT2D eigenvalue weighted by atomic mass is 9.76. The van der Waals surface area contributed by atoms with Gasteiger partial charge in [0.2, 0.25) is 0 Å². The average molecular weight is 227 g/mol. The van der Waals surface area contributed by atoms with Crippen LogP contribution in [0.4, 0.5) is 0 Å². The summed E-state index contributed by atoms with van der Waals surface area (Å²) >= 11 is 0. The maximum Gasteiger partial charge on any atom is 0.320 e. The average Bonchev–Trinajstić information content (AvgIpc) is 2.78. The Bertz CT molecular complexity index is 249. The van der Waals surface area contributed by atoms with Gasteiger partial charge in [-0.15, -0.1) is 0 Å². The minimum absolute atomic E-state index is 0.316. The number of ether oxygens (including phenoxy) is 1. The van der Waals surface area contributed by atoms with E-state index < -0.39 is 5.97 Å². The predicted molar refractivity (Wildman–Crippen MR) is 60.3 cm³/mol. The van der Waals surface area contributed by atoms with Gasteiger partial charge in [-0.2, -0.15) is 0 Å². The number of carboxylic acids is 1. The first-order valence-corrected chi connectivity index (χ1v) is 6.21. The zero-order valence-corrected chi connectivity index (χ0v) is 9.82. The standard InChI is InChI=1S/C12H21NO3/c1-16-9-4-2-8(3-5-9)10-6-7-13-11(10)12(14)15/h8-11,13H,2-7H2,1H3,(H,14,15)/t8?,9?,10-,11-/m0/s1. The molecule has 0 aromatic carbocycles. The van der Waals surface area contributed by atoms with E-state index >= 15 is 0 Å². The number of nitrogens with one attached hydrogen (secondary N) is 1. The maximum atomic E-state index is 11.1. The van der Waals surface area contributed by atoms with E-state index in [0.717, 1.165) is 38.6 Å². The Hall–Kier alpha value is -0.610. The fourth-order valence-electron chi connectivity index (χ4n) is 3.25. The van der Waals surface area contributed by atoms with E-state index in [4.69, 9.17) is 9.84 Å². The van der Waals surface area contributed by atoms with E-state index in [2.05, 4.69) is 5.32 Å². The molecule has 2 fully saturated rings. The van der Waals surface area contributed by atoms with Crippen LogP contribution in [0.1, 0.15) is 32.1 Å². The number of hydrogen-bond acceptors (Lipinski definition) is 3. The largest absolute Gasteiger partial charge is 0.480 e. The molecule has 92 valence electrons. The molecular formula is C12H21NO3. The Morgan fingerprint density at radius 2 is 1.94 bits per heavy atom. The van der Waals surface area contributed by atoms with Crippen molar-refractivity contribution in [3.8, 4) is 0 Å². The van der Waals surface area contributed by atoms with E-state index in [9.17, 15) is 4.79 Å². The normalized spacial score (nSPS) is 39.8. The van der Waals surface area contributed by atoms with Crippen LogP contribution >= 0.6 is 0 Å². The quantitative estimate of drug-likeness (QED) is 0.762. The van der Waals surface area contributed by atoms with Crippen molar-refractivity contribution in [1.29, 1.82) is 0 Å². The molecule has 0 aromatic rings. The van der Waals surface area contributed by atoms with Crippen LogP contribution in [0, 0.1) is 11.8 Å². The van der Waals surface area contributed by atoms with Crippen LogP contribution in [0.2, 0.25) is 0 Å². The number of rotatable bonds is 3. The van der Waals surface area contributed by atoms with Gasteiger partial charge >= 0.3 is 5.97 Å². The Labute approximate surface area is 96.4 Å². The monoisotopic (exact) mass is 227 g/mol. The molecular weight excluding hydrogens is 206 g/mol. The second-order valence-corrected chi connectivity index (χ2v) is 5.00. The van der Waals surface area contributed by atoms with E-state index in [1.165, 1.54) is 0 Å². The van der Waals surface area contributed by atoms with Crippen molar-refractivity contribution in [3.05, 3.63) is 0 Å². The highest BCUT2D eigenvalue weighted by Gasteiger charge is 2.39. The van der Waals surface area contributed by atoms with Crippen LogP contribution in [0.25, 0.3) is 0 Å². The fourth-order valence-corrected chi connectivity index (χ4v) is 3.25. The lowest BCUT2D eigenvalue weighted by Crippen LogP contribution is -2.39. The molecule has 0 spiro atoms. The second kappa shape index (κ2) is 5.15. The van der Waals surface area contributed by atoms with Gasteiger partial charge in [0, 0.05) is 7.11 Å². The van der Waals surface area contributed by atoms with Gasteiger partial charge in [0.15, 0.2) is 0 Å². The van der Waals surface area contributed by atoms with Crippen LogP contribution in [0.5, 0.6) is 0 Å². The molecule has 0 bridgehead atoms. The Kier molecular flexibility index (Phi) is 3.82. The molecule has 2 rings (SSSR count). The van der Waals surface area contributed by atoms with Gasteiger partial charge in [0.25, 0.3) is 0 Å². The van der Waals surface area contributed by atoms with Crippen molar-refractivity contribution < 1.29 is 14.6 Å². The van der Waals surface area contributed by atoms with Gasteiger partial charge in [0.05, 0.1) is 6.10 Å². The molecule has 1 aliphatic carbocycles. The van der Waals surface area contributed by atoms with E-state index in [-0.39, 0.29) is 6.04 Å². The SMILES string of the molecule is COC1CCC([C@@H]2CCN[C@@H]2C(=O)O)CC1. The number of methoxy groups -OCH3 is 1. The van der Waals surface area contributed by atoms with Crippen LogP contribution in [0.15, 0.2) is 0 Å². The summed E-state index contributed by atoms with van der Waals surface area (Å²) in [6.45, 7) is 0.853. The third kappa shape index (κ3) is 2.38. The van der Waals surface area contributed by atoms with Gasteiger partial charge in [0.1, 0.15) is 6.04 Å². The van der Waals surface area contributed by atoms with Crippen LogP contribution in [-0.2, 0) is 9.53 Å². The predicted octanol–water partition coefficient (Wildman–Crippen LogP) is 1.25. The van der Waals surface area contributed by atoms with Crippen molar-refractivity contribution >= 4 is 5.97 Å². The first-order chi connectivity index (χ1) is 7.72. The Balaban J connectivity index is 1.90. The molecule has 0 amide bonds. The molecule has 1 heterocycles. The summed E-state index contributed by atoms with van der Waals surface area (Å²) in [6, 6.07) is -0.316. The molecule has 1 saturated carbocycles. The lowest BCUT2D eigenvalue weighted by molar-refractivity contribution is -0.140. The number of aliphatic carboxylic acids is 1. The maximum absolute atomic E-state index is 11.1. The second-order valence-electron chi connectivity index (χ2n) is 5.00. The zero-order valence-electron chi connectivity index (χ0n) is 9.82. The first-order valence-electron chi connectivity index (χ1n) is 6.21. The lowest BCUT2D eigenvalue weighted by Gasteiger charge is -2.32. The molecule has 1 saturated heterocycles. The third-order valence-corrected chi connectivity index (χ3v) is 4.19.